The predicted molar refractivity (Wildman–Crippen MR) is 153 cm³/mol. The average molecular weight is 584 g/mol. The first-order valence-corrected chi connectivity index (χ1v) is 14.4. The third-order valence-electron chi connectivity index (χ3n) is 8.27. The number of aliphatic hydroxyl groups is 1. The molecule has 0 saturated heterocycles. The highest BCUT2D eigenvalue weighted by Gasteiger charge is 2.45. The largest absolute Gasteiger partial charge is 0.487 e. The van der Waals surface area contributed by atoms with Crippen LogP contribution in [0.4, 0.5) is 13.2 Å². The first-order chi connectivity index (χ1) is 20.0. The molecule has 1 saturated carbocycles. The van der Waals surface area contributed by atoms with Crippen molar-refractivity contribution in [1.29, 1.82) is 0 Å². The summed E-state index contributed by atoms with van der Waals surface area (Å²) in [7, 11) is 0. The van der Waals surface area contributed by atoms with E-state index >= 15 is 0 Å². The molecule has 1 aliphatic carbocycles. The van der Waals surface area contributed by atoms with Gasteiger partial charge < -0.3 is 25.0 Å². The second-order valence-corrected chi connectivity index (χ2v) is 11.4. The van der Waals surface area contributed by atoms with E-state index in [0.29, 0.717) is 11.0 Å². The standard InChI is InChI=1S/C32H36F3N3O4/c1-2-21-9-11-28-24(15-21)26(17-31(42-28)13-6-14-31)36-18-27(39)25(16-22-7-4-3-5-8-22)37-30(41)23-10-12-29(40)38(19-23)20-32(33,34)35/h3-5,7-12,15,19,25-27,36,39H,2,6,13-14,16-18,20H2,1H3,(H,37,41)/t25-,26?,27+/m0/s1. The fourth-order valence-electron chi connectivity index (χ4n) is 5.79. The summed E-state index contributed by atoms with van der Waals surface area (Å²) < 4.78 is 45.7. The van der Waals surface area contributed by atoms with Gasteiger partial charge in [-0.25, -0.2) is 0 Å². The maximum Gasteiger partial charge on any atom is 0.406 e. The molecule has 7 nitrogen and oxygen atoms in total. The van der Waals surface area contributed by atoms with E-state index in [2.05, 4.69) is 29.7 Å². The summed E-state index contributed by atoms with van der Waals surface area (Å²) in [6, 6.07) is 16.9. The Morgan fingerprint density at radius 3 is 2.55 bits per heavy atom. The number of carbonyl (C=O) groups excluding carboxylic acids is 1. The number of aliphatic hydroxyl groups excluding tert-OH is 1. The average Bonchev–Trinajstić information content (AvgIpc) is 2.95. The third-order valence-corrected chi connectivity index (χ3v) is 8.27. The quantitative estimate of drug-likeness (QED) is 0.322. The normalized spacial score (nSPS) is 18.8. The van der Waals surface area contributed by atoms with E-state index < -0.39 is 36.3 Å². The van der Waals surface area contributed by atoms with Crippen molar-refractivity contribution in [1.82, 2.24) is 15.2 Å². The maximum atomic E-state index is 13.2. The third kappa shape index (κ3) is 7.04. The molecule has 1 amide bonds. The van der Waals surface area contributed by atoms with Gasteiger partial charge in [0.15, 0.2) is 0 Å². The summed E-state index contributed by atoms with van der Waals surface area (Å²) in [6.45, 7) is 0.764. The zero-order valence-electron chi connectivity index (χ0n) is 23.5. The number of ether oxygens (including phenoxy) is 1. The lowest BCUT2D eigenvalue weighted by Gasteiger charge is -2.48. The van der Waals surface area contributed by atoms with Gasteiger partial charge in [-0.15, -0.1) is 0 Å². The van der Waals surface area contributed by atoms with Crippen molar-refractivity contribution in [3.8, 4) is 5.75 Å². The maximum absolute atomic E-state index is 13.2. The molecule has 1 fully saturated rings. The lowest BCUT2D eigenvalue weighted by Crippen LogP contribution is -2.52. The molecule has 3 N–H and O–H groups in total. The van der Waals surface area contributed by atoms with Crippen LogP contribution in [0.25, 0.3) is 0 Å². The first-order valence-electron chi connectivity index (χ1n) is 14.4. The van der Waals surface area contributed by atoms with E-state index in [4.69, 9.17) is 4.74 Å². The van der Waals surface area contributed by atoms with Gasteiger partial charge in [0.2, 0.25) is 0 Å². The molecule has 10 heteroatoms. The van der Waals surface area contributed by atoms with E-state index in [0.717, 1.165) is 61.2 Å². The van der Waals surface area contributed by atoms with Gasteiger partial charge in [0.05, 0.1) is 17.7 Å². The molecule has 1 aliphatic heterocycles. The van der Waals surface area contributed by atoms with Gasteiger partial charge in [-0.3, -0.25) is 9.59 Å². The Morgan fingerprint density at radius 1 is 1.12 bits per heavy atom. The fraction of sp³-hybridized carbons (Fsp3) is 0.438. The number of benzene rings is 2. The summed E-state index contributed by atoms with van der Waals surface area (Å²) in [4.78, 5) is 25.1. The van der Waals surface area contributed by atoms with Crippen LogP contribution >= 0.6 is 0 Å². The molecular weight excluding hydrogens is 547 g/mol. The number of amides is 1. The fourth-order valence-corrected chi connectivity index (χ4v) is 5.79. The number of alkyl halides is 3. The molecule has 2 aliphatic rings. The molecule has 0 bridgehead atoms. The van der Waals surface area contributed by atoms with Crippen LogP contribution in [0.2, 0.25) is 0 Å². The van der Waals surface area contributed by atoms with Gasteiger partial charge in [-0.05, 0) is 55.4 Å². The van der Waals surface area contributed by atoms with Crippen molar-refractivity contribution in [3.05, 3.63) is 99.5 Å². The predicted octanol–water partition coefficient (Wildman–Crippen LogP) is 4.71. The van der Waals surface area contributed by atoms with Crippen LogP contribution in [-0.2, 0) is 19.4 Å². The van der Waals surface area contributed by atoms with Crippen molar-refractivity contribution in [2.24, 2.45) is 0 Å². The molecule has 224 valence electrons. The lowest BCUT2D eigenvalue weighted by atomic mass is 9.72. The van der Waals surface area contributed by atoms with Crippen molar-refractivity contribution < 1.29 is 27.8 Å². The summed E-state index contributed by atoms with van der Waals surface area (Å²) in [6.07, 6.45) is 0.287. The second-order valence-electron chi connectivity index (χ2n) is 11.4. The number of nitrogens with one attached hydrogen (secondary N) is 2. The van der Waals surface area contributed by atoms with Crippen molar-refractivity contribution in [2.75, 3.05) is 6.54 Å². The van der Waals surface area contributed by atoms with Crippen molar-refractivity contribution >= 4 is 5.91 Å². The number of nitrogens with zero attached hydrogens (tertiary/aromatic N) is 1. The number of pyridine rings is 1. The second kappa shape index (κ2) is 12.3. The molecule has 5 rings (SSSR count). The summed E-state index contributed by atoms with van der Waals surface area (Å²) in [5, 5.41) is 17.7. The minimum absolute atomic E-state index is 0.0470. The molecule has 1 spiro atoms. The van der Waals surface area contributed by atoms with Crippen LogP contribution in [-0.4, -0.2) is 46.0 Å². The molecule has 2 aromatic carbocycles. The lowest BCUT2D eigenvalue weighted by molar-refractivity contribution is -0.141. The number of aryl methyl sites for hydroxylation is 1. The Bertz CT molecular complexity index is 1450. The van der Waals surface area contributed by atoms with Crippen LogP contribution in [0.15, 0.2) is 71.7 Å². The number of hydrogen-bond donors (Lipinski definition) is 3. The number of carbonyl (C=O) groups is 1. The SMILES string of the molecule is CCc1ccc2c(c1)C(NC[C@@H](O)[C@H](Cc1ccccc1)NC(=O)c1ccc(=O)n(CC(F)(F)F)c1)CC1(CCC1)O2. The summed E-state index contributed by atoms with van der Waals surface area (Å²) in [5.41, 5.74) is 1.95. The van der Waals surface area contributed by atoms with Crippen LogP contribution in [0.5, 0.6) is 5.75 Å². The molecule has 42 heavy (non-hydrogen) atoms. The van der Waals surface area contributed by atoms with Gasteiger partial charge in [0.25, 0.3) is 11.5 Å². The van der Waals surface area contributed by atoms with Gasteiger partial charge >= 0.3 is 6.18 Å². The Balaban J connectivity index is 1.34. The highest BCUT2D eigenvalue weighted by Crippen LogP contribution is 2.49. The van der Waals surface area contributed by atoms with E-state index in [-0.39, 0.29) is 23.8 Å². The monoisotopic (exact) mass is 583 g/mol. The first kappa shape index (κ1) is 29.8. The van der Waals surface area contributed by atoms with Gasteiger partial charge in [0, 0.05) is 36.8 Å². The number of halogens is 3. The van der Waals surface area contributed by atoms with Crippen LogP contribution < -0.4 is 20.9 Å². The van der Waals surface area contributed by atoms with E-state index in [1.165, 1.54) is 11.6 Å². The van der Waals surface area contributed by atoms with E-state index in [1.807, 2.05) is 36.4 Å². The Labute approximate surface area is 242 Å². The zero-order valence-corrected chi connectivity index (χ0v) is 23.5. The van der Waals surface area contributed by atoms with E-state index in [9.17, 15) is 27.9 Å². The van der Waals surface area contributed by atoms with Crippen molar-refractivity contribution in [2.45, 2.75) is 82.0 Å². The molecule has 2 heterocycles. The minimum atomic E-state index is -4.62. The Morgan fingerprint density at radius 2 is 1.88 bits per heavy atom. The summed E-state index contributed by atoms with van der Waals surface area (Å²) >= 11 is 0. The molecule has 3 atom stereocenters. The van der Waals surface area contributed by atoms with E-state index in [1.54, 1.807) is 0 Å². The van der Waals surface area contributed by atoms with Crippen LogP contribution in [0.3, 0.4) is 0 Å². The highest BCUT2D eigenvalue weighted by molar-refractivity contribution is 5.94. The van der Waals surface area contributed by atoms with Crippen LogP contribution in [0, 0.1) is 0 Å². The smallest absolute Gasteiger partial charge is 0.406 e. The number of aromatic nitrogens is 1. The number of hydrogen-bond acceptors (Lipinski definition) is 5. The molecular formula is C32H36F3N3O4. The Hall–Kier alpha value is -3.63. The van der Waals surface area contributed by atoms with Crippen molar-refractivity contribution in [3.63, 3.8) is 0 Å². The molecule has 1 aromatic heterocycles. The van der Waals surface area contributed by atoms with Crippen LogP contribution in [0.1, 0.15) is 65.7 Å². The Kier molecular flexibility index (Phi) is 8.75. The molecule has 0 radical (unpaired) electrons. The van der Waals surface area contributed by atoms with Gasteiger partial charge in [0.1, 0.15) is 17.9 Å². The van der Waals surface area contributed by atoms with Gasteiger partial charge in [-0.2, -0.15) is 13.2 Å². The number of fused-ring (bicyclic) bond motifs is 1. The summed E-state index contributed by atoms with van der Waals surface area (Å²) in [5.74, 6) is 0.177. The highest BCUT2D eigenvalue weighted by atomic mass is 19.4. The number of rotatable bonds is 10. The topological polar surface area (TPSA) is 92.6 Å². The minimum Gasteiger partial charge on any atom is -0.487 e. The molecule has 3 aromatic rings. The molecule has 1 unspecified atom stereocenters. The zero-order chi connectivity index (χ0) is 29.9. The van der Waals surface area contributed by atoms with Gasteiger partial charge in [-0.1, -0.05) is 49.4 Å².